The van der Waals surface area contributed by atoms with Gasteiger partial charge in [0.25, 0.3) is 0 Å². The Labute approximate surface area is 262 Å². The Bertz CT molecular complexity index is 1330. The molecular weight excluding hydrogens is 558 g/mol. The van der Waals surface area contributed by atoms with Crippen molar-refractivity contribution >= 4 is 37.7 Å². The average Bonchev–Trinajstić information content (AvgIpc) is 2.94. The number of hydrogen-bond acceptors (Lipinski definition) is 2. The summed E-state index contributed by atoms with van der Waals surface area (Å²) in [5, 5.41) is 1.69. The maximum atomic E-state index is 6.02. The Morgan fingerprint density at radius 2 is 0.767 bits per heavy atom. The molecular formula is C39H52N2P2. The summed E-state index contributed by atoms with van der Waals surface area (Å²) in [6, 6.07) is 9.09. The lowest BCUT2D eigenvalue weighted by molar-refractivity contribution is 0.0195. The third-order valence-electron chi connectivity index (χ3n) is 15.7. The Balaban J connectivity index is 1.13. The van der Waals surface area contributed by atoms with Gasteiger partial charge in [0.2, 0.25) is 0 Å². The topological polar surface area (TPSA) is 25.8 Å². The molecule has 1 aromatic heterocycles. The highest BCUT2D eigenvalue weighted by Gasteiger charge is 2.64. The first-order valence-electron chi connectivity index (χ1n) is 18.7. The van der Waals surface area contributed by atoms with E-state index in [0.717, 1.165) is 53.3 Å². The molecule has 14 rings (SSSR count). The van der Waals surface area contributed by atoms with Gasteiger partial charge in [0.15, 0.2) is 0 Å². The Kier molecular flexibility index (Phi) is 5.58. The van der Waals surface area contributed by atoms with E-state index in [2.05, 4.69) is 30.9 Å². The number of aromatic nitrogens is 2. The Morgan fingerprint density at radius 1 is 0.465 bits per heavy atom. The van der Waals surface area contributed by atoms with Crippen LogP contribution in [0, 0.1) is 53.3 Å². The lowest BCUT2D eigenvalue weighted by Gasteiger charge is -2.67. The third-order valence-corrected chi connectivity index (χ3v) is 22.6. The molecule has 0 saturated heterocycles. The first kappa shape index (κ1) is 26.5. The van der Waals surface area contributed by atoms with E-state index in [0.29, 0.717) is 15.5 Å². The minimum Gasteiger partial charge on any atom is -0.244 e. The third kappa shape index (κ3) is 3.84. The van der Waals surface area contributed by atoms with Crippen LogP contribution in [-0.4, -0.2) is 32.1 Å². The van der Waals surface area contributed by atoms with Gasteiger partial charge < -0.3 is 0 Å². The van der Waals surface area contributed by atoms with Gasteiger partial charge in [-0.25, -0.2) is 9.97 Å². The fourth-order valence-electron chi connectivity index (χ4n) is 15.7. The van der Waals surface area contributed by atoms with Gasteiger partial charge in [-0.05, 0) is 219 Å². The quantitative estimate of drug-likeness (QED) is 0.315. The molecule has 228 valence electrons. The average molecular weight is 611 g/mol. The minimum absolute atomic E-state index is 0.316. The molecule has 2 nitrogen and oxygen atoms in total. The van der Waals surface area contributed by atoms with Crippen molar-refractivity contribution < 1.29 is 0 Å². The molecule has 0 amide bonds. The van der Waals surface area contributed by atoms with Gasteiger partial charge >= 0.3 is 0 Å². The van der Waals surface area contributed by atoms with Crippen LogP contribution in [0.15, 0.2) is 24.3 Å². The van der Waals surface area contributed by atoms with Crippen LogP contribution in [0.2, 0.25) is 0 Å². The summed E-state index contributed by atoms with van der Waals surface area (Å²) in [4.78, 5) is 11.9. The van der Waals surface area contributed by atoms with Gasteiger partial charge in [-0.3, -0.25) is 0 Å². The molecule has 2 aromatic rings. The van der Waals surface area contributed by atoms with Crippen molar-refractivity contribution in [3.8, 4) is 0 Å². The van der Waals surface area contributed by atoms with Crippen LogP contribution in [0.5, 0.6) is 0 Å². The molecule has 0 radical (unpaired) electrons. The second-order valence-electron chi connectivity index (χ2n) is 18.7. The standard InChI is InChI=1S/C39H52N2P2/c1-42(37-15-24-6-25(16-37)8-26(7-24)17-37)35-36(41-34-5-3-2-4-33(34)40-35)43(38-18-27-9-28(19-38)11-29(10-27)20-38)39-21-30-12-31(22-39)14-32(13-30)23-39/h2-5,24-32H,6-23H2,1H3. The van der Waals surface area contributed by atoms with Crippen LogP contribution in [0.4, 0.5) is 0 Å². The molecule has 0 spiro atoms. The molecule has 1 aromatic carbocycles. The predicted molar refractivity (Wildman–Crippen MR) is 181 cm³/mol. The van der Waals surface area contributed by atoms with Gasteiger partial charge in [0.05, 0.1) is 21.9 Å². The van der Waals surface area contributed by atoms with E-state index in [1.54, 1.807) is 107 Å². The largest absolute Gasteiger partial charge is 0.244 e. The molecule has 0 aliphatic heterocycles. The first-order chi connectivity index (χ1) is 20.9. The van der Waals surface area contributed by atoms with Crippen molar-refractivity contribution in [3.05, 3.63) is 24.3 Å². The Morgan fingerprint density at radius 3 is 1.12 bits per heavy atom. The van der Waals surface area contributed by atoms with Crippen LogP contribution >= 0.6 is 15.8 Å². The SMILES string of the molecule is CP(c1nc2ccccc2nc1P(C12CC3CC(CC(C3)C1)C2)C12CC3CC(CC(C3)C1)C2)C12CC3CC(CC(C3)C1)C2. The van der Waals surface area contributed by atoms with Gasteiger partial charge in [-0.1, -0.05) is 12.1 Å². The van der Waals surface area contributed by atoms with Crippen LogP contribution in [0.3, 0.4) is 0 Å². The molecule has 12 aliphatic carbocycles. The summed E-state index contributed by atoms with van der Waals surface area (Å²) in [6.45, 7) is 2.75. The summed E-state index contributed by atoms with van der Waals surface area (Å²) in [5.41, 5.74) is 5.69. The van der Waals surface area contributed by atoms with Gasteiger partial charge in [0, 0.05) is 0 Å². The number of para-hydroxylation sites is 2. The molecule has 43 heavy (non-hydrogen) atoms. The van der Waals surface area contributed by atoms with E-state index in [1.165, 1.54) is 30.3 Å². The van der Waals surface area contributed by atoms with Crippen molar-refractivity contribution in [1.82, 2.24) is 9.97 Å². The Hall–Kier alpha value is -0.580. The molecule has 0 N–H and O–H groups in total. The van der Waals surface area contributed by atoms with E-state index in [4.69, 9.17) is 9.97 Å². The maximum absolute atomic E-state index is 6.02. The number of benzene rings is 1. The fraction of sp³-hybridized carbons (Fsp3) is 0.795. The smallest absolute Gasteiger partial charge is 0.0908 e. The van der Waals surface area contributed by atoms with E-state index in [9.17, 15) is 0 Å². The lowest BCUT2D eigenvalue weighted by atomic mass is 9.55. The van der Waals surface area contributed by atoms with Gasteiger partial charge in [0.1, 0.15) is 0 Å². The summed E-state index contributed by atoms with van der Waals surface area (Å²) >= 11 is 0. The first-order valence-corrected chi connectivity index (χ1v) is 21.9. The predicted octanol–water partition coefficient (Wildman–Crippen LogP) is 9.38. The van der Waals surface area contributed by atoms with Gasteiger partial charge in [-0.2, -0.15) is 0 Å². The number of nitrogens with zero attached hydrogens (tertiary/aromatic N) is 2. The molecule has 4 heteroatoms. The molecule has 1 unspecified atom stereocenters. The zero-order chi connectivity index (χ0) is 28.1. The fourth-order valence-corrected chi connectivity index (χ4v) is 24.1. The minimum atomic E-state index is -0.329. The molecule has 12 aliphatic rings. The zero-order valence-corrected chi connectivity index (χ0v) is 28.3. The highest BCUT2D eigenvalue weighted by Crippen LogP contribution is 2.78. The van der Waals surface area contributed by atoms with Crippen molar-refractivity contribution in [3.63, 3.8) is 0 Å². The monoisotopic (exact) mass is 610 g/mol. The second kappa shape index (κ2) is 9.06. The van der Waals surface area contributed by atoms with Crippen molar-refractivity contribution in [2.45, 2.75) is 131 Å². The highest BCUT2D eigenvalue weighted by atomic mass is 31.1. The molecule has 12 bridgehead atoms. The number of hydrogen-bond donors (Lipinski definition) is 0. The van der Waals surface area contributed by atoms with E-state index >= 15 is 0 Å². The summed E-state index contributed by atoms with van der Waals surface area (Å²) in [5.74, 6) is 9.17. The van der Waals surface area contributed by atoms with E-state index in [-0.39, 0.29) is 15.8 Å². The number of rotatable bonds is 5. The summed E-state index contributed by atoms with van der Waals surface area (Å²) < 4.78 is 0. The lowest BCUT2D eigenvalue weighted by Crippen LogP contribution is -2.60. The molecule has 1 heterocycles. The van der Waals surface area contributed by atoms with Crippen LogP contribution in [0.1, 0.15) is 116 Å². The molecule has 12 saturated carbocycles. The number of fused-ring (bicyclic) bond motifs is 1. The van der Waals surface area contributed by atoms with Crippen LogP contribution in [-0.2, 0) is 0 Å². The maximum Gasteiger partial charge on any atom is 0.0908 e. The summed E-state index contributed by atoms with van der Waals surface area (Å²) in [7, 11) is -0.645. The van der Waals surface area contributed by atoms with Gasteiger partial charge in [-0.15, -0.1) is 0 Å². The van der Waals surface area contributed by atoms with Crippen molar-refractivity contribution in [1.29, 1.82) is 0 Å². The van der Waals surface area contributed by atoms with Crippen LogP contribution in [0.25, 0.3) is 11.0 Å². The molecule has 1 atom stereocenters. The molecule has 12 fully saturated rings. The van der Waals surface area contributed by atoms with E-state index in [1.807, 2.05) is 0 Å². The van der Waals surface area contributed by atoms with Crippen molar-refractivity contribution in [2.24, 2.45) is 53.3 Å². The van der Waals surface area contributed by atoms with Crippen molar-refractivity contribution in [2.75, 3.05) is 6.66 Å². The summed E-state index contributed by atoms with van der Waals surface area (Å²) in [6.07, 6.45) is 27.9. The van der Waals surface area contributed by atoms with E-state index < -0.39 is 0 Å². The zero-order valence-electron chi connectivity index (χ0n) is 26.5. The van der Waals surface area contributed by atoms with Crippen LogP contribution < -0.4 is 10.9 Å². The highest BCUT2D eigenvalue weighted by molar-refractivity contribution is 7.73. The second-order valence-corrected chi connectivity index (χ2v) is 24.2. The normalized spacial score (nSPS) is 51.4.